The molecule has 2 heteroatoms. The van der Waals surface area contributed by atoms with E-state index in [2.05, 4.69) is 6.92 Å². The highest BCUT2D eigenvalue weighted by Crippen LogP contribution is 2.63. The molecule has 0 heterocycles. The van der Waals surface area contributed by atoms with Gasteiger partial charge in [-0.25, -0.2) is 0 Å². The standard InChI is InChI=1S/C18H28O2/c1-17-10-3-2-4-12(17)5-6-13-14(17)9-11-18(20)15(13)7-8-16(18)19/h12-15,20H,2-11H2,1H3/t12?,13-,14+,15+,17+,18-/m1/s1. The first-order valence-electron chi connectivity index (χ1n) is 8.81. The number of carbonyl (C=O) groups excluding carboxylic acids is 1. The van der Waals surface area contributed by atoms with Gasteiger partial charge in [0.15, 0.2) is 5.78 Å². The molecular weight excluding hydrogens is 248 g/mol. The maximum absolute atomic E-state index is 12.1. The van der Waals surface area contributed by atoms with E-state index in [-0.39, 0.29) is 11.7 Å². The number of ketones is 1. The lowest BCUT2D eigenvalue weighted by molar-refractivity contribution is -0.160. The summed E-state index contributed by atoms with van der Waals surface area (Å²) < 4.78 is 0. The van der Waals surface area contributed by atoms with Gasteiger partial charge in [-0.05, 0) is 74.0 Å². The fraction of sp³-hybridized carbons (Fsp3) is 0.944. The lowest BCUT2D eigenvalue weighted by Gasteiger charge is -2.59. The van der Waals surface area contributed by atoms with Crippen LogP contribution in [0.3, 0.4) is 0 Å². The Hall–Kier alpha value is -0.370. The van der Waals surface area contributed by atoms with Crippen molar-refractivity contribution in [3.05, 3.63) is 0 Å². The smallest absolute Gasteiger partial charge is 0.164 e. The molecule has 2 nitrogen and oxygen atoms in total. The van der Waals surface area contributed by atoms with Gasteiger partial charge < -0.3 is 5.11 Å². The first-order valence-corrected chi connectivity index (χ1v) is 8.81. The van der Waals surface area contributed by atoms with E-state index in [4.69, 9.17) is 0 Å². The third-order valence-electron chi connectivity index (χ3n) is 7.79. The number of carbonyl (C=O) groups is 1. The van der Waals surface area contributed by atoms with Crippen molar-refractivity contribution in [2.45, 2.75) is 76.7 Å². The van der Waals surface area contributed by atoms with Crippen LogP contribution in [-0.2, 0) is 4.79 Å². The largest absolute Gasteiger partial charge is 0.382 e. The molecule has 0 amide bonds. The van der Waals surface area contributed by atoms with Crippen molar-refractivity contribution in [3.63, 3.8) is 0 Å². The van der Waals surface area contributed by atoms with Crippen LogP contribution < -0.4 is 0 Å². The summed E-state index contributed by atoms with van der Waals surface area (Å²) in [6.07, 6.45) is 11.7. The van der Waals surface area contributed by atoms with Crippen molar-refractivity contribution < 1.29 is 9.90 Å². The van der Waals surface area contributed by atoms with Gasteiger partial charge >= 0.3 is 0 Å². The van der Waals surface area contributed by atoms with Crippen LogP contribution in [0.25, 0.3) is 0 Å². The van der Waals surface area contributed by atoms with Gasteiger partial charge in [0, 0.05) is 6.42 Å². The van der Waals surface area contributed by atoms with Gasteiger partial charge in [0.1, 0.15) is 5.60 Å². The van der Waals surface area contributed by atoms with Crippen molar-refractivity contribution in [1.29, 1.82) is 0 Å². The van der Waals surface area contributed by atoms with Crippen molar-refractivity contribution in [2.24, 2.45) is 29.1 Å². The normalized spacial score (nSPS) is 55.0. The Bertz CT molecular complexity index is 431. The predicted molar refractivity (Wildman–Crippen MR) is 78.2 cm³/mol. The zero-order valence-corrected chi connectivity index (χ0v) is 12.7. The third-order valence-corrected chi connectivity index (χ3v) is 7.79. The van der Waals surface area contributed by atoms with Gasteiger partial charge in [0.05, 0.1) is 0 Å². The minimum atomic E-state index is -0.932. The van der Waals surface area contributed by atoms with Crippen LogP contribution >= 0.6 is 0 Å². The monoisotopic (exact) mass is 276 g/mol. The second-order valence-corrected chi connectivity index (χ2v) is 8.33. The number of aliphatic hydroxyl groups is 1. The van der Waals surface area contributed by atoms with E-state index in [1.54, 1.807) is 0 Å². The molecule has 0 radical (unpaired) electrons. The second kappa shape index (κ2) is 4.32. The molecule has 1 unspecified atom stereocenters. The van der Waals surface area contributed by atoms with Crippen molar-refractivity contribution >= 4 is 5.78 Å². The topological polar surface area (TPSA) is 37.3 Å². The van der Waals surface area contributed by atoms with Crippen LogP contribution in [0.4, 0.5) is 0 Å². The molecule has 112 valence electrons. The number of hydrogen-bond acceptors (Lipinski definition) is 2. The molecule has 0 aromatic rings. The quantitative estimate of drug-likeness (QED) is 0.732. The van der Waals surface area contributed by atoms with E-state index in [0.717, 1.165) is 31.1 Å². The van der Waals surface area contributed by atoms with Gasteiger partial charge in [-0.3, -0.25) is 4.79 Å². The van der Waals surface area contributed by atoms with Gasteiger partial charge in [0.25, 0.3) is 0 Å². The fourth-order valence-electron chi connectivity index (χ4n) is 6.72. The molecule has 4 fully saturated rings. The molecule has 0 aromatic heterocycles. The minimum Gasteiger partial charge on any atom is -0.382 e. The predicted octanol–water partition coefficient (Wildman–Crippen LogP) is 3.71. The van der Waals surface area contributed by atoms with Crippen molar-refractivity contribution in [3.8, 4) is 0 Å². The van der Waals surface area contributed by atoms with Crippen molar-refractivity contribution in [1.82, 2.24) is 0 Å². The van der Waals surface area contributed by atoms with E-state index < -0.39 is 5.60 Å². The molecule has 4 saturated carbocycles. The number of Topliss-reactive ketones (excluding diaryl/α,β-unsaturated/α-hetero) is 1. The zero-order valence-electron chi connectivity index (χ0n) is 12.7. The first-order chi connectivity index (χ1) is 9.56. The first kappa shape index (κ1) is 13.3. The minimum absolute atomic E-state index is 0.150. The second-order valence-electron chi connectivity index (χ2n) is 8.33. The molecule has 4 rings (SSSR count). The van der Waals surface area contributed by atoms with Gasteiger partial charge in [-0.15, -0.1) is 0 Å². The Morgan fingerprint density at radius 1 is 1.00 bits per heavy atom. The highest BCUT2D eigenvalue weighted by molar-refractivity contribution is 5.89. The maximum Gasteiger partial charge on any atom is 0.164 e. The number of fused-ring (bicyclic) bond motifs is 5. The average Bonchev–Trinajstić information content (AvgIpc) is 2.74. The zero-order chi connectivity index (χ0) is 14.0. The van der Waals surface area contributed by atoms with E-state index in [1.807, 2.05) is 0 Å². The molecule has 0 aromatic carbocycles. The maximum atomic E-state index is 12.1. The van der Waals surface area contributed by atoms with E-state index >= 15 is 0 Å². The molecule has 6 atom stereocenters. The molecule has 0 spiro atoms. The lowest BCUT2D eigenvalue weighted by Crippen LogP contribution is -2.56. The fourth-order valence-corrected chi connectivity index (χ4v) is 6.72. The summed E-state index contributed by atoms with van der Waals surface area (Å²) in [6.45, 7) is 2.54. The molecular formula is C18H28O2. The van der Waals surface area contributed by atoms with E-state index in [9.17, 15) is 9.90 Å². The third kappa shape index (κ3) is 1.58. The Balaban J connectivity index is 1.66. The summed E-state index contributed by atoms with van der Waals surface area (Å²) in [6, 6.07) is 0. The summed E-state index contributed by atoms with van der Waals surface area (Å²) >= 11 is 0. The molecule has 20 heavy (non-hydrogen) atoms. The van der Waals surface area contributed by atoms with Crippen LogP contribution in [0.5, 0.6) is 0 Å². The highest BCUT2D eigenvalue weighted by Gasteiger charge is 2.60. The highest BCUT2D eigenvalue weighted by atomic mass is 16.3. The number of hydrogen-bond donors (Lipinski definition) is 1. The van der Waals surface area contributed by atoms with Crippen LogP contribution in [-0.4, -0.2) is 16.5 Å². The Kier molecular flexibility index (Phi) is 2.87. The molecule has 0 bridgehead atoms. The van der Waals surface area contributed by atoms with Gasteiger partial charge in [-0.1, -0.05) is 19.8 Å². The molecule has 0 saturated heterocycles. The Morgan fingerprint density at radius 3 is 2.70 bits per heavy atom. The number of rotatable bonds is 0. The van der Waals surface area contributed by atoms with E-state index in [0.29, 0.717) is 17.8 Å². The van der Waals surface area contributed by atoms with E-state index in [1.165, 1.54) is 38.5 Å². The molecule has 0 aliphatic heterocycles. The molecule has 4 aliphatic rings. The van der Waals surface area contributed by atoms with Crippen molar-refractivity contribution in [2.75, 3.05) is 0 Å². The van der Waals surface area contributed by atoms with Crippen LogP contribution in [0.1, 0.15) is 71.1 Å². The van der Waals surface area contributed by atoms with Gasteiger partial charge in [0.2, 0.25) is 0 Å². The Morgan fingerprint density at radius 2 is 1.85 bits per heavy atom. The summed E-state index contributed by atoms with van der Waals surface area (Å²) in [7, 11) is 0. The van der Waals surface area contributed by atoms with Crippen LogP contribution in [0.2, 0.25) is 0 Å². The van der Waals surface area contributed by atoms with Gasteiger partial charge in [-0.2, -0.15) is 0 Å². The summed E-state index contributed by atoms with van der Waals surface area (Å²) in [5.41, 5.74) is -0.423. The Labute approximate surface area is 122 Å². The summed E-state index contributed by atoms with van der Waals surface area (Å²) in [4.78, 5) is 12.1. The molecule has 4 aliphatic carbocycles. The SMILES string of the molecule is C[C@]12CCCCC1CC[C@@H]1[C@@H]2CC[C@]2(O)C(=O)CC[C@@H]12. The van der Waals surface area contributed by atoms with Crippen LogP contribution in [0, 0.1) is 29.1 Å². The summed E-state index contributed by atoms with van der Waals surface area (Å²) in [5, 5.41) is 10.8. The average molecular weight is 276 g/mol. The lowest BCUT2D eigenvalue weighted by atomic mass is 9.47. The molecule has 1 N–H and O–H groups in total. The van der Waals surface area contributed by atoms with Crippen LogP contribution in [0.15, 0.2) is 0 Å². The summed E-state index contributed by atoms with van der Waals surface area (Å²) in [5.74, 6) is 2.75.